The van der Waals surface area contributed by atoms with Crippen molar-refractivity contribution in [1.29, 1.82) is 0 Å². The lowest BCUT2D eigenvalue weighted by Crippen LogP contribution is -2.52. The number of Topliss-reactive ketones (excluding diaryl/α,β-unsaturated/α-hetero) is 1. The molecular weight excluding hydrogens is 184 g/mol. The second-order valence-corrected chi connectivity index (χ2v) is 6.92. The van der Waals surface area contributed by atoms with E-state index in [1.165, 1.54) is 38.5 Å². The molecule has 0 aromatic rings. The average Bonchev–Trinajstić information content (AvgIpc) is 2.10. The Morgan fingerprint density at radius 3 is 1.73 bits per heavy atom. The first kappa shape index (κ1) is 8.78. The van der Waals surface area contributed by atoms with E-state index in [0.29, 0.717) is 11.2 Å². The predicted octanol–water partition coefficient (Wildman–Crippen LogP) is 3.18. The number of carbonyl (C=O) groups is 1. The topological polar surface area (TPSA) is 17.1 Å². The Bertz CT molecular complexity index is 274. The van der Waals surface area contributed by atoms with E-state index in [2.05, 4.69) is 0 Å². The van der Waals surface area contributed by atoms with Crippen LogP contribution >= 0.6 is 0 Å². The SMILES string of the molecule is O=C1CC(C23CC4CC(CC(C4)C2)C3)C1. The molecule has 4 bridgehead atoms. The van der Waals surface area contributed by atoms with E-state index in [9.17, 15) is 4.79 Å². The Kier molecular flexibility index (Phi) is 1.56. The summed E-state index contributed by atoms with van der Waals surface area (Å²) < 4.78 is 0. The van der Waals surface area contributed by atoms with Crippen LogP contribution in [0.2, 0.25) is 0 Å². The third-order valence-corrected chi connectivity index (χ3v) is 5.90. The normalized spacial score (nSPS) is 53.3. The first-order chi connectivity index (χ1) is 7.23. The molecule has 0 aliphatic heterocycles. The highest BCUT2D eigenvalue weighted by Crippen LogP contribution is 2.65. The second-order valence-electron chi connectivity index (χ2n) is 6.92. The van der Waals surface area contributed by atoms with Crippen molar-refractivity contribution in [3.63, 3.8) is 0 Å². The van der Waals surface area contributed by atoms with Crippen LogP contribution in [0.1, 0.15) is 51.4 Å². The second kappa shape index (κ2) is 2.67. The molecular formula is C14H20O. The van der Waals surface area contributed by atoms with Gasteiger partial charge in [-0.1, -0.05) is 0 Å². The van der Waals surface area contributed by atoms with Crippen LogP contribution in [0.25, 0.3) is 0 Å². The summed E-state index contributed by atoms with van der Waals surface area (Å²) in [6.07, 6.45) is 10.9. The highest BCUT2D eigenvalue weighted by molar-refractivity contribution is 5.84. The van der Waals surface area contributed by atoms with Gasteiger partial charge in [-0.05, 0) is 67.6 Å². The van der Waals surface area contributed by atoms with Crippen LogP contribution in [0.5, 0.6) is 0 Å². The fraction of sp³-hybridized carbons (Fsp3) is 0.929. The Balaban J connectivity index is 1.63. The van der Waals surface area contributed by atoms with Crippen molar-refractivity contribution in [2.24, 2.45) is 29.1 Å². The van der Waals surface area contributed by atoms with Gasteiger partial charge in [0.15, 0.2) is 0 Å². The molecule has 5 aliphatic carbocycles. The van der Waals surface area contributed by atoms with E-state index < -0.39 is 0 Å². The van der Waals surface area contributed by atoms with Crippen LogP contribution in [0.4, 0.5) is 0 Å². The van der Waals surface area contributed by atoms with Gasteiger partial charge in [0.25, 0.3) is 0 Å². The van der Waals surface area contributed by atoms with Crippen molar-refractivity contribution in [2.45, 2.75) is 51.4 Å². The molecule has 5 rings (SSSR count). The Labute approximate surface area is 91.6 Å². The number of ketones is 1. The molecule has 0 unspecified atom stereocenters. The number of carbonyl (C=O) groups excluding carboxylic acids is 1. The summed E-state index contributed by atoms with van der Waals surface area (Å²) >= 11 is 0. The number of rotatable bonds is 1. The maximum atomic E-state index is 11.2. The molecule has 1 heteroatoms. The Morgan fingerprint density at radius 2 is 1.33 bits per heavy atom. The van der Waals surface area contributed by atoms with Crippen LogP contribution in [0, 0.1) is 29.1 Å². The molecule has 15 heavy (non-hydrogen) atoms. The van der Waals surface area contributed by atoms with Crippen molar-refractivity contribution in [3.05, 3.63) is 0 Å². The monoisotopic (exact) mass is 204 g/mol. The molecule has 82 valence electrons. The highest BCUT2D eigenvalue weighted by atomic mass is 16.1. The van der Waals surface area contributed by atoms with Gasteiger partial charge in [-0.15, -0.1) is 0 Å². The zero-order chi connectivity index (χ0) is 10.0. The van der Waals surface area contributed by atoms with Gasteiger partial charge >= 0.3 is 0 Å². The van der Waals surface area contributed by atoms with E-state index in [-0.39, 0.29) is 0 Å². The quantitative estimate of drug-likeness (QED) is 0.641. The summed E-state index contributed by atoms with van der Waals surface area (Å²) in [5.74, 6) is 4.49. The smallest absolute Gasteiger partial charge is 0.133 e. The first-order valence-electron chi connectivity index (χ1n) is 6.75. The summed E-state index contributed by atoms with van der Waals surface area (Å²) in [4.78, 5) is 11.2. The van der Waals surface area contributed by atoms with Gasteiger partial charge in [0.1, 0.15) is 5.78 Å². The Morgan fingerprint density at radius 1 is 0.867 bits per heavy atom. The molecule has 1 nitrogen and oxygen atoms in total. The molecule has 0 N–H and O–H groups in total. The molecule has 0 radical (unpaired) electrons. The van der Waals surface area contributed by atoms with Gasteiger partial charge < -0.3 is 0 Å². The van der Waals surface area contributed by atoms with Crippen LogP contribution < -0.4 is 0 Å². The summed E-state index contributed by atoms with van der Waals surface area (Å²) in [5, 5.41) is 0. The van der Waals surface area contributed by atoms with E-state index >= 15 is 0 Å². The van der Waals surface area contributed by atoms with Gasteiger partial charge in [0.2, 0.25) is 0 Å². The largest absolute Gasteiger partial charge is 0.300 e. The van der Waals surface area contributed by atoms with Crippen LogP contribution in [0.15, 0.2) is 0 Å². The molecule has 0 saturated heterocycles. The van der Waals surface area contributed by atoms with Crippen molar-refractivity contribution >= 4 is 5.78 Å². The lowest BCUT2D eigenvalue weighted by Gasteiger charge is -2.61. The zero-order valence-corrected chi connectivity index (χ0v) is 9.37. The molecule has 0 aromatic heterocycles. The fourth-order valence-electron chi connectivity index (χ4n) is 5.60. The van der Waals surface area contributed by atoms with Gasteiger partial charge in [0, 0.05) is 12.8 Å². The number of hydrogen-bond acceptors (Lipinski definition) is 1. The van der Waals surface area contributed by atoms with Gasteiger partial charge in [0.05, 0.1) is 0 Å². The van der Waals surface area contributed by atoms with Crippen molar-refractivity contribution in [3.8, 4) is 0 Å². The summed E-state index contributed by atoms with van der Waals surface area (Å²) in [6, 6.07) is 0. The summed E-state index contributed by atoms with van der Waals surface area (Å²) in [6.45, 7) is 0. The maximum absolute atomic E-state index is 11.2. The van der Waals surface area contributed by atoms with Gasteiger partial charge in [-0.25, -0.2) is 0 Å². The van der Waals surface area contributed by atoms with Gasteiger partial charge in [-0.2, -0.15) is 0 Å². The summed E-state index contributed by atoms with van der Waals surface area (Å²) in [7, 11) is 0. The standard InChI is InChI=1S/C14H20O/c15-13-4-12(5-13)14-6-9-1-10(7-14)3-11(2-9)8-14/h9-12H,1-8H2. The minimum Gasteiger partial charge on any atom is -0.300 e. The lowest BCUT2D eigenvalue weighted by atomic mass is 9.44. The van der Waals surface area contributed by atoms with E-state index in [0.717, 1.165) is 36.5 Å². The minimum atomic E-state index is 0.538. The molecule has 5 aliphatic rings. The van der Waals surface area contributed by atoms with E-state index in [1.54, 1.807) is 0 Å². The van der Waals surface area contributed by atoms with Crippen molar-refractivity contribution in [2.75, 3.05) is 0 Å². The minimum absolute atomic E-state index is 0.538. The third-order valence-electron chi connectivity index (χ3n) is 5.90. The zero-order valence-electron chi connectivity index (χ0n) is 9.37. The summed E-state index contributed by atoms with van der Waals surface area (Å²) in [5.41, 5.74) is 0.655. The maximum Gasteiger partial charge on any atom is 0.133 e. The average molecular weight is 204 g/mol. The lowest BCUT2D eigenvalue weighted by molar-refractivity contribution is -0.144. The highest BCUT2D eigenvalue weighted by Gasteiger charge is 2.56. The fourth-order valence-corrected chi connectivity index (χ4v) is 5.60. The molecule has 0 amide bonds. The number of hydrogen-bond donors (Lipinski definition) is 0. The van der Waals surface area contributed by atoms with Crippen LogP contribution in [-0.4, -0.2) is 5.78 Å². The molecule has 5 saturated carbocycles. The molecule has 0 atom stereocenters. The van der Waals surface area contributed by atoms with E-state index in [4.69, 9.17) is 0 Å². The molecule has 0 heterocycles. The predicted molar refractivity (Wildman–Crippen MR) is 58.3 cm³/mol. The first-order valence-corrected chi connectivity index (χ1v) is 6.75. The van der Waals surface area contributed by atoms with Gasteiger partial charge in [-0.3, -0.25) is 4.79 Å². The molecule has 0 aromatic carbocycles. The van der Waals surface area contributed by atoms with E-state index in [1.807, 2.05) is 0 Å². The third kappa shape index (κ3) is 1.13. The molecule has 0 spiro atoms. The molecule has 5 fully saturated rings. The van der Waals surface area contributed by atoms with Crippen LogP contribution in [0.3, 0.4) is 0 Å². The van der Waals surface area contributed by atoms with Crippen LogP contribution in [-0.2, 0) is 4.79 Å². The van der Waals surface area contributed by atoms with Crippen molar-refractivity contribution < 1.29 is 4.79 Å². The van der Waals surface area contributed by atoms with Crippen molar-refractivity contribution in [1.82, 2.24) is 0 Å². The Hall–Kier alpha value is -0.330.